The third-order valence-electron chi connectivity index (χ3n) is 5.12. The highest BCUT2D eigenvalue weighted by molar-refractivity contribution is 7.15. The number of aromatic amines is 1. The Morgan fingerprint density at radius 1 is 1.21 bits per heavy atom. The van der Waals surface area contributed by atoms with Crippen LogP contribution in [0.15, 0.2) is 40.9 Å². The number of imidazole rings is 1. The van der Waals surface area contributed by atoms with Gasteiger partial charge in [-0.1, -0.05) is 0 Å². The van der Waals surface area contributed by atoms with Crippen LogP contribution in [0, 0.1) is 5.82 Å². The maximum absolute atomic E-state index is 13.9. The van der Waals surface area contributed by atoms with Crippen LogP contribution in [-0.2, 0) is 6.54 Å². The largest absolute Gasteiger partial charge is 0.344 e. The van der Waals surface area contributed by atoms with Gasteiger partial charge >= 0.3 is 0 Å². The third kappa shape index (κ3) is 3.30. The first kappa shape index (κ1) is 18.0. The van der Waals surface area contributed by atoms with E-state index in [1.165, 1.54) is 34.2 Å². The van der Waals surface area contributed by atoms with E-state index < -0.39 is 5.82 Å². The van der Waals surface area contributed by atoms with E-state index in [9.17, 15) is 14.0 Å². The van der Waals surface area contributed by atoms with Crippen molar-refractivity contribution in [2.75, 3.05) is 26.2 Å². The Bertz CT molecular complexity index is 1270. The molecule has 0 unspecified atom stereocenters. The van der Waals surface area contributed by atoms with Gasteiger partial charge in [-0.05, 0) is 12.1 Å². The molecule has 1 aromatic carbocycles. The molecule has 1 aliphatic heterocycles. The molecule has 0 spiro atoms. The second-order valence-electron chi connectivity index (χ2n) is 6.96. The van der Waals surface area contributed by atoms with Gasteiger partial charge in [0.25, 0.3) is 11.5 Å². The molecule has 1 aliphatic rings. The zero-order valence-corrected chi connectivity index (χ0v) is 16.2. The molecule has 8 nitrogen and oxygen atoms in total. The lowest BCUT2D eigenvalue weighted by Gasteiger charge is -2.34. The van der Waals surface area contributed by atoms with Crippen molar-refractivity contribution in [2.45, 2.75) is 6.54 Å². The lowest BCUT2D eigenvalue weighted by atomic mass is 10.1. The van der Waals surface area contributed by atoms with Crippen LogP contribution in [-0.4, -0.2) is 61.2 Å². The zero-order valence-electron chi connectivity index (χ0n) is 15.3. The number of nitrogens with one attached hydrogen (secondary N) is 1. The Kier molecular flexibility index (Phi) is 4.36. The van der Waals surface area contributed by atoms with Crippen LogP contribution in [0.3, 0.4) is 0 Å². The molecule has 4 heterocycles. The SMILES string of the molecule is O=C(c1cc(F)cc2[nH]cnc12)N1CCN(Cc2cc(=O)n3ccsc3n2)CC1. The minimum atomic E-state index is -0.468. The van der Waals surface area contributed by atoms with Crippen molar-refractivity contribution in [1.29, 1.82) is 0 Å². The molecule has 0 radical (unpaired) electrons. The molecule has 0 bridgehead atoms. The van der Waals surface area contributed by atoms with Crippen molar-refractivity contribution in [3.63, 3.8) is 0 Å². The molecule has 1 fully saturated rings. The van der Waals surface area contributed by atoms with Gasteiger partial charge in [-0.3, -0.25) is 18.9 Å². The first-order chi connectivity index (χ1) is 14.1. The number of benzene rings is 1. The predicted molar refractivity (Wildman–Crippen MR) is 107 cm³/mol. The number of rotatable bonds is 3. The number of carbonyl (C=O) groups excluding carboxylic acids is 1. The van der Waals surface area contributed by atoms with Crippen LogP contribution >= 0.6 is 11.3 Å². The maximum Gasteiger partial charge on any atom is 0.258 e. The van der Waals surface area contributed by atoms with Crippen LogP contribution in [0.4, 0.5) is 4.39 Å². The number of thiazole rings is 1. The molecular weight excluding hydrogens is 395 g/mol. The lowest BCUT2D eigenvalue weighted by molar-refractivity contribution is 0.0628. The minimum absolute atomic E-state index is 0.0887. The fourth-order valence-electron chi connectivity index (χ4n) is 3.66. The van der Waals surface area contributed by atoms with E-state index >= 15 is 0 Å². The number of fused-ring (bicyclic) bond motifs is 2. The standard InChI is InChI=1S/C19H17FN6O2S/c20-12-7-14(17-15(8-12)21-11-22-17)18(28)25-3-1-24(2-4-25)10-13-9-16(27)26-5-6-29-19(26)23-13/h5-9,11H,1-4,10H2,(H,21,22). The molecule has 29 heavy (non-hydrogen) atoms. The van der Waals surface area contributed by atoms with Crippen LogP contribution < -0.4 is 5.56 Å². The van der Waals surface area contributed by atoms with Gasteiger partial charge in [-0.25, -0.2) is 14.4 Å². The van der Waals surface area contributed by atoms with E-state index in [4.69, 9.17) is 0 Å². The molecular formula is C19H17FN6O2S. The van der Waals surface area contributed by atoms with Crippen molar-refractivity contribution in [2.24, 2.45) is 0 Å². The number of aromatic nitrogens is 4. The first-order valence-electron chi connectivity index (χ1n) is 9.18. The minimum Gasteiger partial charge on any atom is -0.344 e. The van der Waals surface area contributed by atoms with Crippen molar-refractivity contribution < 1.29 is 9.18 Å². The van der Waals surface area contributed by atoms with E-state index in [-0.39, 0.29) is 17.0 Å². The highest BCUT2D eigenvalue weighted by Crippen LogP contribution is 2.20. The average Bonchev–Trinajstić information content (AvgIpc) is 3.37. The van der Waals surface area contributed by atoms with Gasteiger partial charge in [-0.15, -0.1) is 11.3 Å². The summed E-state index contributed by atoms with van der Waals surface area (Å²) in [6.45, 7) is 2.88. The molecule has 10 heteroatoms. The van der Waals surface area contributed by atoms with Gasteiger partial charge in [0.05, 0.1) is 23.1 Å². The van der Waals surface area contributed by atoms with Crippen molar-refractivity contribution in [3.8, 4) is 0 Å². The summed E-state index contributed by atoms with van der Waals surface area (Å²) in [5, 5.41) is 1.83. The van der Waals surface area contributed by atoms with Gasteiger partial charge in [0.2, 0.25) is 0 Å². The normalized spacial score (nSPS) is 15.4. The Morgan fingerprint density at radius 2 is 2.03 bits per heavy atom. The summed E-state index contributed by atoms with van der Waals surface area (Å²) >= 11 is 1.42. The van der Waals surface area contributed by atoms with Crippen LogP contribution in [0.5, 0.6) is 0 Å². The molecule has 148 valence electrons. The molecule has 1 N–H and O–H groups in total. The highest BCUT2D eigenvalue weighted by atomic mass is 32.1. The number of amides is 1. The molecule has 5 rings (SSSR count). The Labute approximate surface area is 168 Å². The average molecular weight is 412 g/mol. The molecule has 0 aliphatic carbocycles. The number of nitrogens with zero attached hydrogens (tertiary/aromatic N) is 5. The summed E-state index contributed by atoms with van der Waals surface area (Å²) in [4.78, 5) is 41.1. The Morgan fingerprint density at radius 3 is 2.86 bits per heavy atom. The number of hydrogen-bond acceptors (Lipinski definition) is 6. The van der Waals surface area contributed by atoms with Crippen molar-refractivity contribution >= 4 is 33.2 Å². The monoisotopic (exact) mass is 412 g/mol. The van der Waals surface area contributed by atoms with Gasteiger partial charge in [0, 0.05) is 50.4 Å². The molecule has 1 saturated heterocycles. The van der Waals surface area contributed by atoms with Crippen LogP contribution in [0.2, 0.25) is 0 Å². The smallest absolute Gasteiger partial charge is 0.258 e. The molecule has 0 saturated carbocycles. The van der Waals surface area contributed by atoms with E-state index in [0.717, 1.165) is 5.69 Å². The van der Waals surface area contributed by atoms with E-state index in [2.05, 4.69) is 19.9 Å². The topological polar surface area (TPSA) is 86.6 Å². The van der Waals surface area contributed by atoms with Crippen molar-refractivity contribution in [1.82, 2.24) is 29.2 Å². The first-order valence-corrected chi connectivity index (χ1v) is 10.1. The molecule has 0 atom stereocenters. The summed E-state index contributed by atoms with van der Waals surface area (Å²) in [7, 11) is 0. The van der Waals surface area contributed by atoms with Crippen molar-refractivity contribution in [3.05, 3.63) is 63.5 Å². The van der Waals surface area contributed by atoms with Crippen LogP contribution in [0.1, 0.15) is 16.1 Å². The van der Waals surface area contributed by atoms with E-state index in [0.29, 0.717) is 48.7 Å². The summed E-state index contributed by atoms with van der Waals surface area (Å²) in [6, 6.07) is 4.13. The zero-order chi connectivity index (χ0) is 20.0. The van der Waals surface area contributed by atoms with Gasteiger partial charge in [0.15, 0.2) is 4.96 Å². The quantitative estimate of drug-likeness (QED) is 0.554. The number of H-pyrrole nitrogens is 1. The Balaban J connectivity index is 1.29. The van der Waals surface area contributed by atoms with E-state index in [1.807, 2.05) is 5.38 Å². The predicted octanol–water partition coefficient (Wildman–Crippen LogP) is 1.73. The third-order valence-corrected chi connectivity index (χ3v) is 5.88. The fourth-order valence-corrected chi connectivity index (χ4v) is 4.39. The van der Waals surface area contributed by atoms with Gasteiger partial charge in [-0.2, -0.15) is 0 Å². The second-order valence-corrected chi connectivity index (χ2v) is 7.83. The summed E-state index contributed by atoms with van der Waals surface area (Å²) in [5.41, 5.74) is 1.89. The molecule has 4 aromatic rings. The molecule has 1 amide bonds. The van der Waals surface area contributed by atoms with Gasteiger partial charge in [0.1, 0.15) is 11.3 Å². The summed E-state index contributed by atoms with van der Waals surface area (Å²) in [6.07, 6.45) is 3.17. The summed E-state index contributed by atoms with van der Waals surface area (Å²) in [5.74, 6) is -0.692. The number of hydrogen-bond donors (Lipinski definition) is 1. The highest BCUT2D eigenvalue weighted by Gasteiger charge is 2.25. The lowest BCUT2D eigenvalue weighted by Crippen LogP contribution is -2.48. The Hall–Kier alpha value is -3.11. The van der Waals surface area contributed by atoms with Crippen LogP contribution in [0.25, 0.3) is 16.0 Å². The summed E-state index contributed by atoms with van der Waals surface area (Å²) < 4.78 is 15.4. The maximum atomic E-state index is 13.9. The number of halogens is 1. The van der Waals surface area contributed by atoms with E-state index in [1.54, 1.807) is 17.2 Å². The second kappa shape index (κ2) is 7.05. The number of piperazine rings is 1. The fraction of sp³-hybridized carbons (Fsp3) is 0.263. The van der Waals surface area contributed by atoms with Gasteiger partial charge < -0.3 is 9.88 Å². The number of carbonyl (C=O) groups is 1. The molecule has 3 aromatic heterocycles.